The highest BCUT2D eigenvalue weighted by atomic mass is 16.5. The summed E-state index contributed by atoms with van der Waals surface area (Å²) in [4.78, 5) is 16.0. The van der Waals surface area contributed by atoms with Gasteiger partial charge >= 0.3 is 0 Å². The molecule has 0 atom stereocenters. The molecule has 0 aliphatic heterocycles. The van der Waals surface area contributed by atoms with E-state index in [-0.39, 0.29) is 5.91 Å². The number of aromatic nitrogens is 1. The molecule has 0 bridgehead atoms. The molecule has 1 aromatic heterocycles. The van der Waals surface area contributed by atoms with Gasteiger partial charge in [-0.15, -0.1) is 0 Å². The van der Waals surface area contributed by atoms with E-state index in [0.29, 0.717) is 17.2 Å². The Balaban J connectivity index is 2.19. The highest BCUT2D eigenvalue weighted by Crippen LogP contribution is 2.29. The Morgan fingerprint density at radius 2 is 2.05 bits per heavy atom. The fourth-order valence-electron chi connectivity index (χ4n) is 2.01. The number of pyridine rings is 1. The zero-order valence-corrected chi connectivity index (χ0v) is 12.8. The summed E-state index contributed by atoms with van der Waals surface area (Å²) in [6, 6.07) is 9.02. The summed E-state index contributed by atoms with van der Waals surface area (Å²) in [6.07, 6.45) is 4.77. The van der Waals surface area contributed by atoms with E-state index in [1.165, 1.54) is 6.08 Å². The van der Waals surface area contributed by atoms with Gasteiger partial charge in [0.15, 0.2) is 0 Å². The quantitative estimate of drug-likeness (QED) is 0.861. The van der Waals surface area contributed by atoms with Crippen LogP contribution in [0.25, 0.3) is 5.57 Å². The average molecular weight is 298 g/mol. The molecule has 1 heterocycles. The number of amides is 1. The van der Waals surface area contributed by atoms with E-state index in [9.17, 15) is 4.79 Å². The molecule has 2 aromatic rings. The summed E-state index contributed by atoms with van der Waals surface area (Å²) < 4.78 is 10.5. The molecule has 1 amide bonds. The molecule has 1 aromatic carbocycles. The van der Waals surface area contributed by atoms with Crippen molar-refractivity contribution in [3.8, 4) is 11.5 Å². The van der Waals surface area contributed by atoms with Crippen molar-refractivity contribution in [2.75, 3.05) is 19.5 Å². The molecule has 0 radical (unpaired) electrons. The Bertz CT molecular complexity index is 682. The van der Waals surface area contributed by atoms with Crippen LogP contribution < -0.4 is 14.8 Å². The van der Waals surface area contributed by atoms with E-state index in [1.54, 1.807) is 44.8 Å². The number of hydrogen-bond acceptors (Lipinski definition) is 4. The molecule has 0 fully saturated rings. The molecule has 0 saturated heterocycles. The van der Waals surface area contributed by atoms with Crippen LogP contribution in [0.15, 0.2) is 48.8 Å². The van der Waals surface area contributed by atoms with Crippen LogP contribution in [-0.2, 0) is 4.79 Å². The summed E-state index contributed by atoms with van der Waals surface area (Å²) in [5.74, 6) is 1.14. The largest absolute Gasteiger partial charge is 0.497 e. The van der Waals surface area contributed by atoms with Gasteiger partial charge in [0, 0.05) is 23.9 Å². The maximum Gasteiger partial charge on any atom is 0.248 e. The average Bonchev–Trinajstić information content (AvgIpc) is 2.54. The highest BCUT2D eigenvalue weighted by molar-refractivity contribution is 6.04. The minimum atomic E-state index is -0.219. The van der Waals surface area contributed by atoms with Crippen LogP contribution in [-0.4, -0.2) is 25.1 Å². The minimum absolute atomic E-state index is 0.219. The van der Waals surface area contributed by atoms with Gasteiger partial charge in [0.2, 0.25) is 5.91 Å². The zero-order chi connectivity index (χ0) is 15.9. The maximum atomic E-state index is 12.0. The fourth-order valence-corrected chi connectivity index (χ4v) is 2.01. The number of benzene rings is 1. The van der Waals surface area contributed by atoms with Crippen molar-refractivity contribution in [3.05, 3.63) is 54.4 Å². The van der Waals surface area contributed by atoms with E-state index >= 15 is 0 Å². The Hall–Kier alpha value is -2.82. The van der Waals surface area contributed by atoms with Gasteiger partial charge in [0.25, 0.3) is 0 Å². The number of carbonyl (C=O) groups excluding carboxylic acids is 1. The topological polar surface area (TPSA) is 60.5 Å². The number of anilines is 1. The Labute approximate surface area is 129 Å². The first-order valence-corrected chi connectivity index (χ1v) is 6.75. The Morgan fingerprint density at radius 3 is 2.68 bits per heavy atom. The second-order valence-electron chi connectivity index (χ2n) is 4.62. The number of nitrogens with zero attached hydrogens (tertiary/aromatic N) is 1. The van der Waals surface area contributed by atoms with Crippen molar-refractivity contribution in [2.24, 2.45) is 0 Å². The molecule has 0 aliphatic rings. The number of methoxy groups -OCH3 is 2. The summed E-state index contributed by atoms with van der Waals surface area (Å²) in [7, 11) is 3.18. The van der Waals surface area contributed by atoms with E-state index in [2.05, 4.69) is 10.3 Å². The predicted octanol–water partition coefficient (Wildman–Crippen LogP) is 3.14. The van der Waals surface area contributed by atoms with Gasteiger partial charge in [-0.2, -0.15) is 0 Å². The van der Waals surface area contributed by atoms with Crippen molar-refractivity contribution in [1.29, 1.82) is 0 Å². The first-order valence-electron chi connectivity index (χ1n) is 6.75. The van der Waals surface area contributed by atoms with Crippen molar-refractivity contribution in [3.63, 3.8) is 0 Å². The minimum Gasteiger partial charge on any atom is -0.497 e. The van der Waals surface area contributed by atoms with Gasteiger partial charge in [-0.05, 0) is 36.8 Å². The third kappa shape index (κ3) is 3.85. The third-order valence-electron chi connectivity index (χ3n) is 3.11. The first-order chi connectivity index (χ1) is 10.6. The highest BCUT2D eigenvalue weighted by Gasteiger charge is 2.08. The van der Waals surface area contributed by atoms with Crippen LogP contribution in [0, 0.1) is 0 Å². The van der Waals surface area contributed by atoms with E-state index in [0.717, 1.165) is 11.1 Å². The summed E-state index contributed by atoms with van der Waals surface area (Å²) in [6.45, 7) is 1.85. The molecular weight excluding hydrogens is 280 g/mol. The lowest BCUT2D eigenvalue weighted by molar-refractivity contribution is -0.111. The molecule has 114 valence electrons. The van der Waals surface area contributed by atoms with Gasteiger partial charge in [-0.1, -0.05) is 0 Å². The third-order valence-corrected chi connectivity index (χ3v) is 3.11. The molecular formula is C17H18N2O3. The number of hydrogen-bond donors (Lipinski definition) is 1. The monoisotopic (exact) mass is 298 g/mol. The predicted molar refractivity (Wildman–Crippen MR) is 86.1 cm³/mol. The molecule has 22 heavy (non-hydrogen) atoms. The number of ether oxygens (including phenoxy) is 2. The summed E-state index contributed by atoms with van der Waals surface area (Å²) in [5, 5.41) is 2.76. The number of rotatable bonds is 5. The lowest BCUT2D eigenvalue weighted by Gasteiger charge is -2.11. The molecule has 0 unspecified atom stereocenters. The van der Waals surface area contributed by atoms with Gasteiger partial charge in [0.1, 0.15) is 11.5 Å². The van der Waals surface area contributed by atoms with Crippen molar-refractivity contribution in [2.45, 2.75) is 6.92 Å². The van der Waals surface area contributed by atoms with Crippen LogP contribution >= 0.6 is 0 Å². The number of carbonyl (C=O) groups is 1. The van der Waals surface area contributed by atoms with Gasteiger partial charge in [-0.3, -0.25) is 9.78 Å². The zero-order valence-electron chi connectivity index (χ0n) is 12.8. The van der Waals surface area contributed by atoms with Crippen molar-refractivity contribution < 1.29 is 14.3 Å². The first kappa shape index (κ1) is 15.6. The molecule has 5 heteroatoms. The molecule has 0 spiro atoms. The fraction of sp³-hybridized carbons (Fsp3) is 0.176. The van der Waals surface area contributed by atoms with Gasteiger partial charge < -0.3 is 14.8 Å². The normalized spacial score (nSPS) is 11.0. The van der Waals surface area contributed by atoms with Crippen LogP contribution in [0.2, 0.25) is 0 Å². The lowest BCUT2D eigenvalue weighted by atomic mass is 10.1. The molecule has 5 nitrogen and oxygen atoms in total. The summed E-state index contributed by atoms with van der Waals surface area (Å²) >= 11 is 0. The number of allylic oxidation sites excluding steroid dienone is 1. The van der Waals surface area contributed by atoms with Crippen molar-refractivity contribution in [1.82, 2.24) is 4.98 Å². The molecule has 2 rings (SSSR count). The smallest absolute Gasteiger partial charge is 0.248 e. The maximum absolute atomic E-state index is 12.0. The van der Waals surface area contributed by atoms with Gasteiger partial charge in [-0.25, -0.2) is 0 Å². The van der Waals surface area contributed by atoms with Crippen molar-refractivity contribution >= 4 is 17.2 Å². The lowest BCUT2D eigenvalue weighted by Crippen LogP contribution is -2.08. The standard InChI is InChI=1S/C17H18N2O3/c1-12(9-17(20)19-13-5-4-8-18-11-13)15-7-6-14(21-2)10-16(15)22-3/h4-11H,1-3H3,(H,19,20)/b12-9+. The van der Waals surface area contributed by atoms with Gasteiger partial charge in [0.05, 0.1) is 26.1 Å². The second kappa shape index (κ2) is 7.26. The van der Waals surface area contributed by atoms with E-state index in [1.807, 2.05) is 19.1 Å². The molecule has 0 aliphatic carbocycles. The Kier molecular flexibility index (Phi) is 5.14. The SMILES string of the molecule is COc1ccc(/C(C)=C/C(=O)Nc2cccnc2)c(OC)c1. The summed E-state index contributed by atoms with van der Waals surface area (Å²) in [5.41, 5.74) is 2.28. The van der Waals surface area contributed by atoms with Crippen LogP contribution in [0.1, 0.15) is 12.5 Å². The molecule has 0 saturated carbocycles. The van der Waals surface area contributed by atoms with Crippen LogP contribution in [0.5, 0.6) is 11.5 Å². The van der Waals surface area contributed by atoms with Crippen LogP contribution in [0.4, 0.5) is 5.69 Å². The second-order valence-corrected chi connectivity index (χ2v) is 4.62. The Morgan fingerprint density at radius 1 is 1.23 bits per heavy atom. The van der Waals surface area contributed by atoms with Crippen LogP contribution in [0.3, 0.4) is 0 Å². The van der Waals surface area contributed by atoms with E-state index < -0.39 is 0 Å². The van der Waals surface area contributed by atoms with E-state index in [4.69, 9.17) is 9.47 Å². The number of nitrogens with one attached hydrogen (secondary N) is 1. The molecule has 1 N–H and O–H groups in total.